The largest absolute Gasteiger partial charge is 0.307 e. The molecule has 0 radical (unpaired) electrons. The molecule has 0 fully saturated rings. The number of halogens is 1. The van der Waals surface area contributed by atoms with Crippen LogP contribution in [0.2, 0.25) is 0 Å². The maximum absolute atomic E-state index is 12.8. The number of ketones is 1. The first-order valence-electron chi connectivity index (χ1n) is 7.00. The molecule has 0 spiro atoms. The van der Waals surface area contributed by atoms with Crippen molar-refractivity contribution >= 4 is 27.6 Å². The number of benzene rings is 2. The van der Waals surface area contributed by atoms with Crippen molar-refractivity contribution in [3.8, 4) is 0 Å². The quantitative estimate of drug-likeness (QED) is 0.812. The molecule has 1 amide bonds. The summed E-state index contributed by atoms with van der Waals surface area (Å²) in [5.41, 5.74) is 1.54. The minimum atomic E-state index is -0.265. The lowest BCUT2D eigenvalue weighted by Gasteiger charge is -2.31. The lowest BCUT2D eigenvalue weighted by molar-refractivity contribution is -0.116. The van der Waals surface area contributed by atoms with E-state index >= 15 is 0 Å². The van der Waals surface area contributed by atoms with Gasteiger partial charge in [0.05, 0.1) is 11.6 Å². The molecule has 4 heteroatoms. The molecular formula is C18H14BrNO2. The molecule has 1 unspecified atom stereocenters. The number of rotatable bonds is 2. The highest BCUT2D eigenvalue weighted by atomic mass is 79.9. The number of carbonyl (C=O) groups excluding carboxylic acids is 2. The Morgan fingerprint density at radius 3 is 2.45 bits per heavy atom. The summed E-state index contributed by atoms with van der Waals surface area (Å²) >= 11 is 3.41. The van der Waals surface area contributed by atoms with E-state index in [2.05, 4.69) is 15.9 Å². The van der Waals surface area contributed by atoms with E-state index in [9.17, 15) is 9.59 Å². The van der Waals surface area contributed by atoms with Gasteiger partial charge in [-0.2, -0.15) is 0 Å². The number of nitrogens with zero attached hydrogens (tertiary/aromatic N) is 1. The number of amides is 1. The normalized spacial score (nSPS) is 17.6. The number of carbonyl (C=O) groups is 2. The fraction of sp³-hybridized carbons (Fsp3) is 0.111. The van der Waals surface area contributed by atoms with Crippen molar-refractivity contribution in [2.45, 2.75) is 12.5 Å². The highest BCUT2D eigenvalue weighted by Crippen LogP contribution is 2.31. The Hall–Kier alpha value is -2.20. The van der Waals surface area contributed by atoms with Gasteiger partial charge >= 0.3 is 0 Å². The standard InChI is InChI=1S/C18H14BrNO2/c19-16-9-5-4-8-15(16)18(22)20-11-10-14(21)12-17(20)13-6-2-1-3-7-13/h1-11,17H,12H2. The summed E-state index contributed by atoms with van der Waals surface area (Å²) in [5, 5.41) is 0. The van der Waals surface area contributed by atoms with Gasteiger partial charge in [-0.25, -0.2) is 0 Å². The number of hydrogen-bond donors (Lipinski definition) is 0. The lowest BCUT2D eigenvalue weighted by atomic mass is 9.96. The average molecular weight is 356 g/mol. The fourth-order valence-corrected chi connectivity index (χ4v) is 3.02. The van der Waals surface area contributed by atoms with Crippen LogP contribution in [0.5, 0.6) is 0 Å². The third-order valence-electron chi connectivity index (χ3n) is 3.67. The summed E-state index contributed by atoms with van der Waals surface area (Å²) in [6, 6.07) is 16.7. The second-order valence-corrected chi connectivity index (χ2v) is 5.96. The molecule has 22 heavy (non-hydrogen) atoms. The molecule has 1 aliphatic heterocycles. The number of hydrogen-bond acceptors (Lipinski definition) is 2. The third kappa shape index (κ3) is 2.88. The summed E-state index contributed by atoms with van der Waals surface area (Å²) in [4.78, 5) is 26.3. The zero-order valence-electron chi connectivity index (χ0n) is 11.8. The third-order valence-corrected chi connectivity index (χ3v) is 4.37. The van der Waals surface area contributed by atoms with Crippen LogP contribution in [-0.4, -0.2) is 16.6 Å². The van der Waals surface area contributed by atoms with Crippen molar-refractivity contribution in [2.75, 3.05) is 0 Å². The van der Waals surface area contributed by atoms with Gasteiger partial charge in [-0.1, -0.05) is 42.5 Å². The zero-order chi connectivity index (χ0) is 15.5. The molecule has 0 saturated heterocycles. The fourth-order valence-electron chi connectivity index (χ4n) is 2.56. The predicted octanol–water partition coefficient (Wildman–Crippen LogP) is 4.12. The summed E-state index contributed by atoms with van der Waals surface area (Å²) in [7, 11) is 0. The summed E-state index contributed by atoms with van der Waals surface area (Å²) in [5.74, 6) is -0.0879. The van der Waals surface area contributed by atoms with Crippen LogP contribution in [0.25, 0.3) is 0 Å². The minimum absolute atomic E-state index is 0.0324. The molecule has 3 rings (SSSR count). The zero-order valence-corrected chi connectivity index (χ0v) is 13.4. The second kappa shape index (κ2) is 6.28. The highest BCUT2D eigenvalue weighted by molar-refractivity contribution is 9.10. The van der Waals surface area contributed by atoms with Gasteiger partial charge in [0.15, 0.2) is 5.78 Å². The topological polar surface area (TPSA) is 37.4 Å². The Bertz CT molecular complexity index is 740. The highest BCUT2D eigenvalue weighted by Gasteiger charge is 2.29. The monoisotopic (exact) mass is 355 g/mol. The molecule has 0 bridgehead atoms. The van der Waals surface area contributed by atoms with Crippen LogP contribution >= 0.6 is 15.9 Å². The molecule has 1 heterocycles. The van der Waals surface area contributed by atoms with Crippen LogP contribution in [-0.2, 0) is 4.79 Å². The van der Waals surface area contributed by atoms with Crippen LogP contribution in [0.15, 0.2) is 71.3 Å². The molecule has 1 aliphatic rings. The first-order chi connectivity index (χ1) is 10.7. The lowest BCUT2D eigenvalue weighted by Crippen LogP contribution is -2.34. The first kappa shape index (κ1) is 14.7. The van der Waals surface area contributed by atoms with E-state index in [4.69, 9.17) is 0 Å². The van der Waals surface area contributed by atoms with Crippen LogP contribution in [0.3, 0.4) is 0 Å². The Morgan fingerprint density at radius 2 is 1.73 bits per heavy atom. The summed E-state index contributed by atoms with van der Waals surface area (Å²) in [6.45, 7) is 0. The van der Waals surface area contributed by atoms with E-state index in [0.29, 0.717) is 12.0 Å². The molecule has 0 saturated carbocycles. The summed E-state index contributed by atoms with van der Waals surface area (Å²) in [6.07, 6.45) is 3.36. The molecule has 2 aromatic rings. The van der Waals surface area contributed by atoms with Gasteiger partial charge in [0.1, 0.15) is 0 Å². The van der Waals surface area contributed by atoms with Crippen molar-refractivity contribution in [1.29, 1.82) is 0 Å². The van der Waals surface area contributed by atoms with E-state index in [-0.39, 0.29) is 17.7 Å². The first-order valence-corrected chi connectivity index (χ1v) is 7.79. The summed E-state index contributed by atoms with van der Waals surface area (Å²) < 4.78 is 0.747. The van der Waals surface area contributed by atoms with Crippen LogP contribution in [0, 0.1) is 0 Å². The second-order valence-electron chi connectivity index (χ2n) is 5.10. The van der Waals surface area contributed by atoms with Gasteiger partial charge < -0.3 is 4.90 Å². The molecular weight excluding hydrogens is 342 g/mol. The van der Waals surface area contributed by atoms with Crippen molar-refractivity contribution in [3.05, 3.63) is 82.5 Å². The van der Waals surface area contributed by atoms with Gasteiger partial charge in [0, 0.05) is 17.1 Å². The Labute approximate surface area is 137 Å². The van der Waals surface area contributed by atoms with E-state index in [0.717, 1.165) is 10.0 Å². The maximum atomic E-state index is 12.8. The van der Waals surface area contributed by atoms with Crippen molar-refractivity contribution in [1.82, 2.24) is 4.90 Å². The predicted molar refractivity (Wildman–Crippen MR) is 88.3 cm³/mol. The van der Waals surface area contributed by atoms with Gasteiger partial charge in [-0.3, -0.25) is 9.59 Å². The SMILES string of the molecule is O=C1C=CN(C(=O)c2ccccc2Br)C(c2ccccc2)C1. The Kier molecular flexibility index (Phi) is 4.20. The molecule has 0 aliphatic carbocycles. The molecule has 3 nitrogen and oxygen atoms in total. The van der Waals surface area contributed by atoms with E-state index in [1.54, 1.807) is 17.2 Å². The molecule has 0 aromatic heterocycles. The Balaban J connectivity index is 1.99. The van der Waals surface area contributed by atoms with Crippen LogP contribution in [0.1, 0.15) is 28.4 Å². The Morgan fingerprint density at radius 1 is 1.05 bits per heavy atom. The van der Waals surface area contributed by atoms with E-state index in [1.807, 2.05) is 48.5 Å². The van der Waals surface area contributed by atoms with Gasteiger partial charge in [0.2, 0.25) is 0 Å². The van der Waals surface area contributed by atoms with Gasteiger partial charge in [-0.05, 0) is 39.7 Å². The van der Waals surface area contributed by atoms with Gasteiger partial charge in [-0.15, -0.1) is 0 Å². The minimum Gasteiger partial charge on any atom is -0.307 e. The molecule has 2 aromatic carbocycles. The molecule has 0 N–H and O–H groups in total. The average Bonchev–Trinajstić information content (AvgIpc) is 2.55. The maximum Gasteiger partial charge on any atom is 0.259 e. The van der Waals surface area contributed by atoms with Gasteiger partial charge in [0.25, 0.3) is 5.91 Å². The molecule has 110 valence electrons. The van der Waals surface area contributed by atoms with Crippen molar-refractivity contribution < 1.29 is 9.59 Å². The number of allylic oxidation sites excluding steroid dienone is 1. The van der Waals surface area contributed by atoms with E-state index in [1.165, 1.54) is 6.08 Å². The van der Waals surface area contributed by atoms with Crippen molar-refractivity contribution in [2.24, 2.45) is 0 Å². The smallest absolute Gasteiger partial charge is 0.259 e. The molecule has 1 atom stereocenters. The van der Waals surface area contributed by atoms with Crippen LogP contribution in [0.4, 0.5) is 0 Å². The van der Waals surface area contributed by atoms with Crippen molar-refractivity contribution in [3.63, 3.8) is 0 Å². The van der Waals surface area contributed by atoms with Crippen LogP contribution < -0.4 is 0 Å². The van der Waals surface area contributed by atoms with E-state index < -0.39 is 0 Å².